The third-order valence-corrected chi connectivity index (χ3v) is 4.10. The summed E-state index contributed by atoms with van der Waals surface area (Å²) in [6, 6.07) is 0. The fraction of sp³-hybridized carbons (Fsp3) is 0.316. The molecule has 3 aromatic heterocycles. The van der Waals surface area contributed by atoms with Crippen molar-refractivity contribution in [2.75, 3.05) is 19.6 Å². The summed E-state index contributed by atoms with van der Waals surface area (Å²) in [5, 5.41) is 9.27. The lowest BCUT2D eigenvalue weighted by molar-refractivity contribution is -0.138. The van der Waals surface area contributed by atoms with Crippen molar-refractivity contribution < 1.29 is 9.90 Å². The summed E-state index contributed by atoms with van der Waals surface area (Å²) < 4.78 is 0. The van der Waals surface area contributed by atoms with Crippen LogP contribution in [0.2, 0.25) is 0 Å². The maximum Gasteiger partial charge on any atom is 0.317 e. The Hall–Kier alpha value is -3.37. The molecule has 0 fully saturated rings. The monoisotopic (exact) mass is 394 g/mol. The number of hydrogen-bond donors (Lipinski definition) is 1. The van der Waals surface area contributed by atoms with Crippen LogP contribution >= 0.6 is 0 Å². The minimum absolute atomic E-state index is 0.0826. The highest BCUT2D eigenvalue weighted by Gasteiger charge is 2.15. The molecule has 0 atom stereocenters. The van der Waals surface area contributed by atoms with Crippen molar-refractivity contribution in [3.8, 4) is 0 Å². The zero-order chi connectivity index (χ0) is 20.3. The first-order chi connectivity index (χ1) is 14.2. The van der Waals surface area contributed by atoms with Gasteiger partial charge in [0.25, 0.3) is 0 Å². The van der Waals surface area contributed by atoms with Crippen LogP contribution in [-0.4, -0.2) is 70.4 Å². The molecule has 0 aliphatic carbocycles. The number of aliphatic carboxylic acids is 1. The van der Waals surface area contributed by atoms with E-state index >= 15 is 0 Å². The fourth-order valence-corrected chi connectivity index (χ4v) is 2.82. The molecular weight excluding hydrogens is 372 g/mol. The van der Waals surface area contributed by atoms with E-state index in [4.69, 9.17) is 0 Å². The zero-order valence-electron chi connectivity index (χ0n) is 15.9. The third kappa shape index (κ3) is 7.28. The number of carboxylic acid groups (broad SMARTS) is 1. The smallest absolute Gasteiger partial charge is 0.317 e. The van der Waals surface area contributed by atoms with Crippen molar-refractivity contribution in [2.24, 2.45) is 0 Å². The molecule has 10 nitrogen and oxygen atoms in total. The Morgan fingerprint density at radius 1 is 0.690 bits per heavy atom. The Labute approximate surface area is 168 Å². The second-order valence-corrected chi connectivity index (χ2v) is 6.41. The second kappa shape index (κ2) is 10.8. The highest BCUT2D eigenvalue weighted by Crippen LogP contribution is 2.07. The lowest BCUT2D eigenvalue weighted by Crippen LogP contribution is -2.37. The van der Waals surface area contributed by atoms with Gasteiger partial charge in [0.2, 0.25) is 0 Å². The van der Waals surface area contributed by atoms with Crippen LogP contribution < -0.4 is 0 Å². The SMILES string of the molecule is O=C(O)CN(CCN(Cc1cnccn1)Cc1cnccn1)Cc1cnccn1. The summed E-state index contributed by atoms with van der Waals surface area (Å²) in [6.45, 7) is 2.60. The lowest BCUT2D eigenvalue weighted by Gasteiger charge is -2.26. The van der Waals surface area contributed by atoms with Crippen molar-refractivity contribution in [3.05, 3.63) is 72.9 Å². The lowest BCUT2D eigenvalue weighted by atomic mass is 10.3. The number of rotatable bonds is 11. The van der Waals surface area contributed by atoms with Crippen LogP contribution in [-0.2, 0) is 24.4 Å². The molecule has 0 bridgehead atoms. The van der Waals surface area contributed by atoms with Crippen LogP contribution in [0.1, 0.15) is 17.1 Å². The van der Waals surface area contributed by atoms with Gasteiger partial charge < -0.3 is 5.11 Å². The quantitative estimate of drug-likeness (QED) is 0.496. The van der Waals surface area contributed by atoms with Gasteiger partial charge in [0.05, 0.1) is 23.6 Å². The van der Waals surface area contributed by atoms with E-state index in [0.717, 1.165) is 17.1 Å². The van der Waals surface area contributed by atoms with Crippen LogP contribution in [0, 0.1) is 0 Å². The largest absolute Gasteiger partial charge is 0.480 e. The topological polar surface area (TPSA) is 121 Å². The van der Waals surface area contributed by atoms with Crippen LogP contribution in [0.4, 0.5) is 0 Å². The maximum atomic E-state index is 11.3. The molecule has 0 aromatic carbocycles. The highest BCUT2D eigenvalue weighted by atomic mass is 16.4. The predicted molar refractivity (Wildman–Crippen MR) is 103 cm³/mol. The van der Waals surface area contributed by atoms with Gasteiger partial charge in [0.15, 0.2) is 0 Å². The molecule has 0 unspecified atom stereocenters. The normalized spacial score (nSPS) is 11.1. The van der Waals surface area contributed by atoms with Gasteiger partial charge >= 0.3 is 5.97 Å². The van der Waals surface area contributed by atoms with Crippen molar-refractivity contribution in [1.29, 1.82) is 0 Å². The van der Waals surface area contributed by atoms with Crippen LogP contribution in [0.3, 0.4) is 0 Å². The summed E-state index contributed by atoms with van der Waals surface area (Å²) in [4.78, 5) is 40.5. The molecule has 3 aromatic rings. The first-order valence-electron chi connectivity index (χ1n) is 9.10. The maximum absolute atomic E-state index is 11.3. The second-order valence-electron chi connectivity index (χ2n) is 6.41. The average molecular weight is 394 g/mol. The van der Waals surface area contributed by atoms with Gasteiger partial charge in [-0.2, -0.15) is 0 Å². The Balaban J connectivity index is 1.67. The van der Waals surface area contributed by atoms with E-state index < -0.39 is 5.97 Å². The van der Waals surface area contributed by atoms with Crippen LogP contribution in [0.15, 0.2) is 55.8 Å². The van der Waals surface area contributed by atoms with Gasteiger partial charge in [-0.15, -0.1) is 0 Å². The summed E-state index contributed by atoms with van der Waals surface area (Å²) in [5.74, 6) is -0.886. The Bertz CT molecular complexity index is 826. The molecule has 0 radical (unpaired) electrons. The molecule has 150 valence electrons. The summed E-state index contributed by atoms with van der Waals surface area (Å²) in [5.41, 5.74) is 2.38. The van der Waals surface area contributed by atoms with Gasteiger partial charge in [-0.05, 0) is 0 Å². The van der Waals surface area contributed by atoms with E-state index in [1.165, 1.54) is 0 Å². The standard InChI is InChI=1S/C19H22N8O2/c28-19(29)15-27(14-18-11-22-3-6-25-18)8-7-26(12-16-9-20-1-4-23-16)13-17-10-21-2-5-24-17/h1-6,9-11H,7-8,12-15H2,(H,28,29). The van der Waals surface area contributed by atoms with E-state index in [1.807, 2.05) is 4.90 Å². The summed E-state index contributed by atoms with van der Waals surface area (Å²) in [7, 11) is 0. The average Bonchev–Trinajstić information content (AvgIpc) is 2.74. The van der Waals surface area contributed by atoms with E-state index in [2.05, 4.69) is 34.8 Å². The van der Waals surface area contributed by atoms with E-state index in [1.54, 1.807) is 55.8 Å². The molecule has 0 saturated carbocycles. The molecule has 29 heavy (non-hydrogen) atoms. The number of nitrogens with zero attached hydrogens (tertiary/aromatic N) is 8. The van der Waals surface area contributed by atoms with E-state index in [-0.39, 0.29) is 6.54 Å². The molecule has 0 aliphatic heterocycles. The third-order valence-electron chi connectivity index (χ3n) is 4.10. The highest BCUT2D eigenvalue weighted by molar-refractivity contribution is 5.69. The predicted octanol–water partition coefficient (Wildman–Crippen LogP) is 0.646. The van der Waals surface area contributed by atoms with Crippen molar-refractivity contribution in [3.63, 3.8) is 0 Å². The van der Waals surface area contributed by atoms with Gasteiger partial charge in [-0.3, -0.25) is 44.5 Å². The van der Waals surface area contributed by atoms with Gasteiger partial charge in [-0.25, -0.2) is 0 Å². The molecule has 3 heterocycles. The van der Waals surface area contributed by atoms with Crippen molar-refractivity contribution in [1.82, 2.24) is 39.7 Å². The van der Waals surface area contributed by atoms with Crippen molar-refractivity contribution >= 4 is 5.97 Å². The molecule has 3 rings (SSSR count). The number of carboxylic acids is 1. The number of hydrogen-bond acceptors (Lipinski definition) is 9. The minimum atomic E-state index is -0.886. The number of carbonyl (C=O) groups is 1. The molecule has 10 heteroatoms. The van der Waals surface area contributed by atoms with E-state index in [0.29, 0.717) is 32.7 Å². The summed E-state index contributed by atoms with van der Waals surface area (Å²) >= 11 is 0. The molecule has 0 saturated heterocycles. The van der Waals surface area contributed by atoms with E-state index in [9.17, 15) is 9.90 Å². The Morgan fingerprint density at radius 2 is 1.10 bits per heavy atom. The van der Waals surface area contributed by atoms with Crippen LogP contribution in [0.5, 0.6) is 0 Å². The first kappa shape index (κ1) is 20.4. The van der Waals surface area contributed by atoms with Gasteiger partial charge in [0, 0.05) is 88.5 Å². The zero-order valence-corrected chi connectivity index (χ0v) is 15.9. The Morgan fingerprint density at radius 3 is 1.48 bits per heavy atom. The molecule has 1 N–H and O–H groups in total. The molecular formula is C19H22N8O2. The number of aromatic nitrogens is 6. The van der Waals surface area contributed by atoms with Crippen LogP contribution in [0.25, 0.3) is 0 Å². The van der Waals surface area contributed by atoms with Crippen molar-refractivity contribution in [2.45, 2.75) is 19.6 Å². The minimum Gasteiger partial charge on any atom is -0.480 e. The van der Waals surface area contributed by atoms with Gasteiger partial charge in [0.1, 0.15) is 0 Å². The molecule has 0 spiro atoms. The van der Waals surface area contributed by atoms with Gasteiger partial charge in [-0.1, -0.05) is 0 Å². The summed E-state index contributed by atoms with van der Waals surface area (Å²) in [6.07, 6.45) is 14.8. The fourth-order valence-electron chi connectivity index (χ4n) is 2.82. The molecule has 0 amide bonds. The Kier molecular flexibility index (Phi) is 7.61. The molecule has 0 aliphatic rings. The first-order valence-corrected chi connectivity index (χ1v) is 9.10.